The van der Waals surface area contributed by atoms with Crippen LogP contribution in [0.25, 0.3) is 0 Å². The Labute approximate surface area is 211 Å². The van der Waals surface area contributed by atoms with Gasteiger partial charge in [-0.2, -0.15) is 5.10 Å². The van der Waals surface area contributed by atoms with Crippen molar-refractivity contribution in [2.24, 2.45) is 5.10 Å². The molecule has 0 saturated heterocycles. The molecule has 0 saturated carbocycles. The maximum atomic E-state index is 13.6. The van der Waals surface area contributed by atoms with Crippen molar-refractivity contribution in [3.63, 3.8) is 0 Å². The molecule has 0 bridgehead atoms. The van der Waals surface area contributed by atoms with E-state index in [4.69, 9.17) is 14.2 Å². The minimum atomic E-state index is -4.09. The van der Waals surface area contributed by atoms with E-state index in [0.717, 1.165) is 9.87 Å². The molecule has 1 amide bonds. The van der Waals surface area contributed by atoms with Crippen molar-refractivity contribution in [1.29, 1.82) is 0 Å². The molecule has 0 spiro atoms. The first kappa shape index (κ1) is 26.6. The molecule has 36 heavy (non-hydrogen) atoms. The number of rotatable bonds is 11. The number of nitrogens with zero attached hydrogens (tertiary/aromatic N) is 2. The van der Waals surface area contributed by atoms with E-state index in [9.17, 15) is 13.2 Å². The van der Waals surface area contributed by atoms with Crippen molar-refractivity contribution in [2.45, 2.75) is 18.7 Å². The Morgan fingerprint density at radius 1 is 0.972 bits per heavy atom. The average Bonchev–Trinajstić information content (AvgIpc) is 2.88. The lowest BCUT2D eigenvalue weighted by Crippen LogP contribution is -2.39. The molecule has 0 aliphatic heterocycles. The second kappa shape index (κ2) is 12.1. The fourth-order valence-electron chi connectivity index (χ4n) is 3.36. The first-order valence-electron chi connectivity index (χ1n) is 11.1. The van der Waals surface area contributed by atoms with Gasteiger partial charge in [-0.15, -0.1) is 0 Å². The molecule has 0 fully saturated rings. The Morgan fingerprint density at radius 3 is 2.33 bits per heavy atom. The Bertz CT molecular complexity index is 1320. The van der Waals surface area contributed by atoms with Crippen LogP contribution in [0.4, 0.5) is 5.69 Å². The van der Waals surface area contributed by atoms with Gasteiger partial charge in [-0.25, -0.2) is 13.8 Å². The largest absolute Gasteiger partial charge is 0.493 e. The molecule has 0 heterocycles. The normalized spacial score (nSPS) is 11.2. The predicted molar refractivity (Wildman–Crippen MR) is 139 cm³/mol. The smallest absolute Gasteiger partial charge is 0.264 e. The number of ether oxygens (including phenoxy) is 3. The highest BCUT2D eigenvalue weighted by molar-refractivity contribution is 7.92. The second-order valence-electron chi connectivity index (χ2n) is 7.63. The fraction of sp³-hybridized carbons (Fsp3) is 0.231. The van der Waals surface area contributed by atoms with Gasteiger partial charge in [-0.1, -0.05) is 29.8 Å². The summed E-state index contributed by atoms with van der Waals surface area (Å²) in [5.74, 6) is 0.783. The van der Waals surface area contributed by atoms with Crippen LogP contribution in [0.15, 0.2) is 76.7 Å². The first-order valence-corrected chi connectivity index (χ1v) is 12.6. The molecule has 0 radical (unpaired) electrons. The second-order valence-corrected chi connectivity index (χ2v) is 9.50. The van der Waals surface area contributed by atoms with Crippen LogP contribution in [-0.2, 0) is 14.8 Å². The van der Waals surface area contributed by atoms with Crippen LogP contribution in [0.3, 0.4) is 0 Å². The van der Waals surface area contributed by atoms with Gasteiger partial charge in [0.05, 0.1) is 37.6 Å². The quantitative estimate of drug-likeness (QED) is 0.310. The SMILES string of the molecule is CCOc1ccccc1N(CC(=O)N/N=C\c1ccc(OC)c(OC)c1)S(=O)(=O)c1ccc(C)cc1. The van der Waals surface area contributed by atoms with Crippen LogP contribution in [0, 0.1) is 6.92 Å². The zero-order valence-corrected chi connectivity index (χ0v) is 21.4. The summed E-state index contributed by atoms with van der Waals surface area (Å²) in [7, 11) is -1.04. The number of benzene rings is 3. The summed E-state index contributed by atoms with van der Waals surface area (Å²) in [4.78, 5) is 12.9. The zero-order valence-electron chi connectivity index (χ0n) is 20.6. The van der Waals surface area contributed by atoms with Crippen LogP contribution in [-0.4, -0.2) is 47.9 Å². The maximum Gasteiger partial charge on any atom is 0.264 e. The number of carbonyl (C=O) groups excluding carboxylic acids is 1. The Hall–Kier alpha value is -4.05. The highest BCUT2D eigenvalue weighted by Crippen LogP contribution is 2.32. The molecule has 0 atom stereocenters. The van der Waals surface area contributed by atoms with Gasteiger partial charge in [-0.05, 0) is 61.9 Å². The van der Waals surface area contributed by atoms with Crippen molar-refractivity contribution >= 4 is 27.8 Å². The van der Waals surface area contributed by atoms with Gasteiger partial charge in [0.25, 0.3) is 15.9 Å². The van der Waals surface area contributed by atoms with Crippen molar-refractivity contribution in [1.82, 2.24) is 5.43 Å². The summed E-state index contributed by atoms with van der Waals surface area (Å²) < 4.78 is 44.3. The summed E-state index contributed by atoms with van der Waals surface area (Å²) >= 11 is 0. The average molecular weight is 512 g/mol. The van der Waals surface area contributed by atoms with E-state index in [2.05, 4.69) is 10.5 Å². The van der Waals surface area contributed by atoms with Crippen LogP contribution < -0.4 is 23.9 Å². The van der Waals surface area contributed by atoms with E-state index in [1.165, 1.54) is 32.6 Å². The molecule has 1 N–H and O–H groups in total. The van der Waals surface area contributed by atoms with Crippen molar-refractivity contribution in [3.8, 4) is 17.2 Å². The number of anilines is 1. The first-order chi connectivity index (χ1) is 17.3. The third-order valence-corrected chi connectivity index (χ3v) is 6.91. The van der Waals surface area contributed by atoms with E-state index in [1.54, 1.807) is 61.5 Å². The van der Waals surface area contributed by atoms with Crippen LogP contribution in [0.1, 0.15) is 18.1 Å². The lowest BCUT2D eigenvalue weighted by Gasteiger charge is -2.25. The number of nitrogens with one attached hydrogen (secondary N) is 1. The number of carbonyl (C=O) groups is 1. The number of sulfonamides is 1. The molecular formula is C26H29N3O6S. The van der Waals surface area contributed by atoms with Gasteiger partial charge in [0.15, 0.2) is 11.5 Å². The Kier molecular flexibility index (Phi) is 8.91. The van der Waals surface area contributed by atoms with Gasteiger partial charge < -0.3 is 14.2 Å². The molecule has 3 aromatic rings. The maximum absolute atomic E-state index is 13.6. The van der Waals surface area contributed by atoms with Crippen molar-refractivity contribution in [3.05, 3.63) is 77.9 Å². The lowest BCUT2D eigenvalue weighted by atomic mass is 10.2. The van der Waals surface area contributed by atoms with E-state index >= 15 is 0 Å². The number of hydrazone groups is 1. The molecule has 0 unspecified atom stereocenters. The Balaban J connectivity index is 1.87. The van der Waals surface area contributed by atoms with Crippen LogP contribution in [0.5, 0.6) is 17.2 Å². The van der Waals surface area contributed by atoms with Crippen molar-refractivity contribution in [2.75, 3.05) is 31.7 Å². The van der Waals surface area contributed by atoms with E-state index in [1.807, 2.05) is 6.92 Å². The summed E-state index contributed by atoms with van der Waals surface area (Å²) in [6.45, 7) is 3.48. The number of amides is 1. The monoisotopic (exact) mass is 511 g/mol. The Morgan fingerprint density at radius 2 is 1.67 bits per heavy atom. The number of aryl methyl sites for hydroxylation is 1. The van der Waals surface area contributed by atoms with E-state index in [-0.39, 0.29) is 10.6 Å². The molecule has 9 nitrogen and oxygen atoms in total. The number of hydrogen-bond donors (Lipinski definition) is 1. The summed E-state index contributed by atoms with van der Waals surface area (Å²) in [5.41, 5.74) is 4.21. The molecular weight excluding hydrogens is 482 g/mol. The predicted octanol–water partition coefficient (Wildman–Crippen LogP) is 3.76. The lowest BCUT2D eigenvalue weighted by molar-refractivity contribution is -0.119. The number of hydrogen-bond acceptors (Lipinski definition) is 7. The standard InChI is InChI=1S/C26H29N3O6S/c1-5-35-23-9-7-6-8-22(23)29(36(31,32)21-13-10-19(2)11-14-21)18-26(30)28-27-17-20-12-15-24(33-3)25(16-20)34-4/h6-17H,5,18H2,1-4H3,(H,28,30)/b27-17-. The summed E-state index contributed by atoms with van der Waals surface area (Å²) in [6, 6.07) is 18.2. The van der Waals surface area contributed by atoms with Gasteiger partial charge in [0.2, 0.25) is 0 Å². The highest BCUT2D eigenvalue weighted by Gasteiger charge is 2.29. The fourth-order valence-corrected chi connectivity index (χ4v) is 4.79. The number of methoxy groups -OCH3 is 2. The molecule has 10 heteroatoms. The minimum Gasteiger partial charge on any atom is -0.493 e. The molecule has 3 rings (SSSR count). The van der Waals surface area contributed by atoms with E-state index < -0.39 is 22.5 Å². The third-order valence-electron chi connectivity index (χ3n) is 5.14. The zero-order chi connectivity index (χ0) is 26.1. The summed E-state index contributed by atoms with van der Waals surface area (Å²) in [6.07, 6.45) is 1.42. The molecule has 0 aliphatic carbocycles. The highest BCUT2D eigenvalue weighted by atomic mass is 32.2. The van der Waals surface area contributed by atoms with Gasteiger partial charge in [-0.3, -0.25) is 9.10 Å². The summed E-state index contributed by atoms with van der Waals surface area (Å²) in [5, 5.41) is 3.97. The van der Waals surface area contributed by atoms with Crippen LogP contribution in [0.2, 0.25) is 0 Å². The van der Waals surface area contributed by atoms with E-state index in [0.29, 0.717) is 29.4 Å². The van der Waals surface area contributed by atoms with Gasteiger partial charge in [0.1, 0.15) is 12.3 Å². The molecule has 190 valence electrons. The topological polar surface area (TPSA) is 107 Å². The molecule has 3 aromatic carbocycles. The molecule has 0 aromatic heterocycles. The minimum absolute atomic E-state index is 0.0565. The third kappa shape index (κ3) is 6.33. The van der Waals surface area contributed by atoms with Gasteiger partial charge >= 0.3 is 0 Å². The molecule has 0 aliphatic rings. The van der Waals surface area contributed by atoms with Gasteiger partial charge in [0, 0.05) is 0 Å². The van der Waals surface area contributed by atoms with Crippen molar-refractivity contribution < 1.29 is 27.4 Å². The van der Waals surface area contributed by atoms with Crippen LogP contribution >= 0.6 is 0 Å². The number of para-hydroxylation sites is 2.